The number of furan rings is 2. The second-order valence-electron chi connectivity index (χ2n) is 5.27. The first-order valence-corrected chi connectivity index (χ1v) is 7.26. The molecule has 5 heteroatoms. The van der Waals surface area contributed by atoms with Gasteiger partial charge in [0.25, 0.3) is 0 Å². The first-order chi connectivity index (χ1) is 10.8. The Labute approximate surface area is 127 Å². The van der Waals surface area contributed by atoms with E-state index < -0.39 is 0 Å². The summed E-state index contributed by atoms with van der Waals surface area (Å²) < 4.78 is 10.9. The van der Waals surface area contributed by atoms with E-state index >= 15 is 0 Å². The molecule has 0 saturated heterocycles. The number of aromatic nitrogens is 2. The van der Waals surface area contributed by atoms with E-state index in [-0.39, 0.29) is 5.95 Å². The minimum Gasteiger partial charge on any atom is -0.465 e. The standard InChI is InChI=1S/C17H15N3O2/c18-17-19-15-11(10-12-5-2-8-21-12)4-1-6-13(15)16(20-17)14-7-3-9-22-14/h2-3,5,7-10H,1,4,6H2,(H2,18,19,20)/b11-10+. The number of nitrogens with zero attached hydrogens (tertiary/aromatic N) is 2. The molecule has 0 radical (unpaired) electrons. The molecule has 110 valence electrons. The summed E-state index contributed by atoms with van der Waals surface area (Å²) in [5, 5.41) is 0. The first-order valence-electron chi connectivity index (χ1n) is 7.26. The molecule has 0 fully saturated rings. The van der Waals surface area contributed by atoms with Crippen molar-refractivity contribution >= 4 is 17.6 Å². The van der Waals surface area contributed by atoms with Crippen LogP contribution in [-0.2, 0) is 6.42 Å². The van der Waals surface area contributed by atoms with Crippen LogP contribution in [0.15, 0.2) is 45.6 Å². The summed E-state index contributed by atoms with van der Waals surface area (Å²) in [6.45, 7) is 0. The smallest absolute Gasteiger partial charge is 0.221 e. The summed E-state index contributed by atoms with van der Waals surface area (Å²) in [6, 6.07) is 7.55. The average molecular weight is 293 g/mol. The topological polar surface area (TPSA) is 78.1 Å². The van der Waals surface area contributed by atoms with Crippen molar-refractivity contribution in [1.82, 2.24) is 9.97 Å². The van der Waals surface area contributed by atoms with Gasteiger partial charge in [0.1, 0.15) is 11.5 Å². The lowest BCUT2D eigenvalue weighted by atomic mass is 9.89. The zero-order valence-corrected chi connectivity index (χ0v) is 12.0. The molecule has 5 nitrogen and oxygen atoms in total. The van der Waals surface area contributed by atoms with Gasteiger partial charge in [0.2, 0.25) is 5.95 Å². The van der Waals surface area contributed by atoms with Crippen molar-refractivity contribution < 1.29 is 8.83 Å². The predicted molar refractivity (Wildman–Crippen MR) is 83.7 cm³/mol. The van der Waals surface area contributed by atoms with Crippen LogP contribution in [0.3, 0.4) is 0 Å². The highest BCUT2D eigenvalue weighted by Crippen LogP contribution is 2.36. The van der Waals surface area contributed by atoms with E-state index in [4.69, 9.17) is 14.6 Å². The number of nitrogens with two attached hydrogens (primary N) is 1. The number of hydrogen-bond acceptors (Lipinski definition) is 5. The first kappa shape index (κ1) is 12.9. The molecule has 0 aromatic carbocycles. The summed E-state index contributed by atoms with van der Waals surface area (Å²) in [5.41, 5.74) is 9.82. The number of nitrogen functional groups attached to an aromatic ring is 1. The van der Waals surface area contributed by atoms with Crippen LogP contribution in [0.1, 0.15) is 29.9 Å². The van der Waals surface area contributed by atoms with Crippen LogP contribution < -0.4 is 5.73 Å². The summed E-state index contributed by atoms with van der Waals surface area (Å²) in [6.07, 6.45) is 8.24. The second-order valence-corrected chi connectivity index (χ2v) is 5.27. The van der Waals surface area contributed by atoms with Gasteiger partial charge in [0, 0.05) is 5.56 Å². The number of anilines is 1. The summed E-state index contributed by atoms with van der Waals surface area (Å²) in [4.78, 5) is 8.84. The van der Waals surface area contributed by atoms with Crippen molar-refractivity contribution in [3.05, 3.63) is 53.8 Å². The second kappa shape index (κ2) is 5.18. The van der Waals surface area contributed by atoms with Crippen LogP contribution in [0, 0.1) is 0 Å². The van der Waals surface area contributed by atoms with Gasteiger partial charge in [-0.3, -0.25) is 0 Å². The van der Waals surface area contributed by atoms with Crippen LogP contribution in [0.25, 0.3) is 23.1 Å². The van der Waals surface area contributed by atoms with E-state index in [0.29, 0.717) is 0 Å². The molecule has 3 aromatic heterocycles. The van der Waals surface area contributed by atoms with Crippen LogP contribution in [0.5, 0.6) is 0 Å². The molecule has 3 heterocycles. The maximum absolute atomic E-state index is 5.91. The van der Waals surface area contributed by atoms with Gasteiger partial charge in [-0.15, -0.1) is 0 Å². The lowest BCUT2D eigenvalue weighted by Gasteiger charge is -2.20. The molecule has 1 aliphatic rings. The van der Waals surface area contributed by atoms with Crippen LogP contribution in [0.4, 0.5) is 5.95 Å². The Balaban J connectivity index is 1.89. The third-order valence-corrected chi connectivity index (χ3v) is 3.82. The molecule has 0 atom stereocenters. The third-order valence-electron chi connectivity index (χ3n) is 3.82. The molecule has 0 unspecified atom stereocenters. The molecule has 2 N–H and O–H groups in total. The molecular formula is C17H15N3O2. The maximum atomic E-state index is 5.91. The number of allylic oxidation sites excluding steroid dienone is 1. The summed E-state index contributed by atoms with van der Waals surface area (Å²) in [5.74, 6) is 1.81. The van der Waals surface area contributed by atoms with E-state index in [2.05, 4.69) is 9.97 Å². The van der Waals surface area contributed by atoms with Gasteiger partial charge < -0.3 is 14.6 Å². The molecule has 0 aliphatic heterocycles. The predicted octanol–water partition coefficient (Wildman–Crippen LogP) is 3.79. The van der Waals surface area contributed by atoms with Crippen LogP contribution in [-0.4, -0.2) is 9.97 Å². The average Bonchev–Trinajstić information content (AvgIpc) is 3.20. The molecular weight excluding hydrogens is 278 g/mol. The van der Waals surface area contributed by atoms with Gasteiger partial charge in [-0.25, -0.2) is 9.97 Å². The van der Waals surface area contributed by atoms with Gasteiger partial charge in [0.05, 0.1) is 18.2 Å². The third kappa shape index (κ3) is 2.20. The lowest BCUT2D eigenvalue weighted by molar-refractivity contribution is 0.557. The molecule has 0 spiro atoms. The highest BCUT2D eigenvalue weighted by molar-refractivity contribution is 5.83. The summed E-state index contributed by atoms with van der Waals surface area (Å²) >= 11 is 0. The van der Waals surface area contributed by atoms with E-state index in [1.54, 1.807) is 12.5 Å². The van der Waals surface area contributed by atoms with E-state index in [1.807, 2.05) is 30.3 Å². The Morgan fingerprint density at radius 1 is 1.00 bits per heavy atom. The fraction of sp³-hybridized carbons (Fsp3) is 0.176. The SMILES string of the molecule is Nc1nc2c(c(-c3ccco3)n1)CCC/C2=C\c1ccco1. The van der Waals surface area contributed by atoms with Crippen LogP contribution >= 0.6 is 0 Å². The van der Waals surface area contributed by atoms with E-state index in [9.17, 15) is 0 Å². The number of fused-ring (bicyclic) bond motifs is 1. The van der Waals surface area contributed by atoms with Gasteiger partial charge in [-0.1, -0.05) is 0 Å². The summed E-state index contributed by atoms with van der Waals surface area (Å²) in [7, 11) is 0. The molecule has 0 saturated carbocycles. The van der Waals surface area contributed by atoms with Crippen molar-refractivity contribution in [3.63, 3.8) is 0 Å². The normalized spacial score (nSPS) is 15.9. The van der Waals surface area contributed by atoms with Crippen molar-refractivity contribution in [2.45, 2.75) is 19.3 Å². The Morgan fingerprint density at radius 2 is 1.82 bits per heavy atom. The van der Waals surface area contributed by atoms with Crippen molar-refractivity contribution in [2.75, 3.05) is 5.73 Å². The number of hydrogen-bond donors (Lipinski definition) is 1. The molecule has 4 rings (SSSR count). The highest BCUT2D eigenvalue weighted by Gasteiger charge is 2.23. The Kier molecular flexibility index (Phi) is 3.04. The fourth-order valence-corrected chi connectivity index (χ4v) is 2.88. The Morgan fingerprint density at radius 3 is 2.59 bits per heavy atom. The highest BCUT2D eigenvalue weighted by atomic mass is 16.3. The van der Waals surface area contributed by atoms with Crippen molar-refractivity contribution in [2.24, 2.45) is 0 Å². The van der Waals surface area contributed by atoms with Crippen molar-refractivity contribution in [1.29, 1.82) is 0 Å². The monoisotopic (exact) mass is 293 g/mol. The van der Waals surface area contributed by atoms with Crippen molar-refractivity contribution in [3.8, 4) is 11.5 Å². The van der Waals surface area contributed by atoms with E-state index in [1.165, 1.54) is 0 Å². The fourth-order valence-electron chi connectivity index (χ4n) is 2.88. The van der Waals surface area contributed by atoms with Gasteiger partial charge in [-0.2, -0.15) is 0 Å². The number of rotatable bonds is 2. The van der Waals surface area contributed by atoms with Gasteiger partial charge in [-0.05, 0) is 55.2 Å². The van der Waals surface area contributed by atoms with Gasteiger partial charge >= 0.3 is 0 Å². The molecule has 22 heavy (non-hydrogen) atoms. The lowest BCUT2D eigenvalue weighted by Crippen LogP contribution is -2.11. The largest absolute Gasteiger partial charge is 0.465 e. The Hall–Kier alpha value is -2.82. The zero-order chi connectivity index (χ0) is 14.9. The van der Waals surface area contributed by atoms with Crippen LogP contribution in [0.2, 0.25) is 0 Å². The quantitative estimate of drug-likeness (QED) is 0.777. The Bertz CT molecular complexity index is 818. The molecule has 1 aliphatic carbocycles. The zero-order valence-electron chi connectivity index (χ0n) is 12.0. The minimum absolute atomic E-state index is 0.261. The molecule has 0 bridgehead atoms. The van der Waals surface area contributed by atoms with E-state index in [0.717, 1.165) is 53.3 Å². The minimum atomic E-state index is 0.261. The maximum Gasteiger partial charge on any atom is 0.221 e. The van der Waals surface area contributed by atoms with Gasteiger partial charge in [0.15, 0.2) is 5.76 Å². The molecule has 0 amide bonds. The molecule has 3 aromatic rings.